The van der Waals surface area contributed by atoms with Crippen molar-refractivity contribution in [2.45, 2.75) is 9.79 Å². The van der Waals surface area contributed by atoms with Gasteiger partial charge in [0.1, 0.15) is 24.7 Å². The van der Waals surface area contributed by atoms with Gasteiger partial charge in [0.05, 0.1) is 29.1 Å². The molecule has 3 aromatic carbocycles. The van der Waals surface area contributed by atoms with E-state index in [1.807, 2.05) is 0 Å². The number of benzene rings is 3. The third-order valence-corrected chi connectivity index (χ3v) is 8.87. The lowest BCUT2D eigenvalue weighted by atomic mass is 10.3. The van der Waals surface area contributed by atoms with Gasteiger partial charge in [0, 0.05) is 14.1 Å². The van der Waals surface area contributed by atoms with Crippen LogP contribution in [0.5, 0.6) is 11.5 Å². The molecule has 0 aliphatic carbocycles. The highest BCUT2D eigenvalue weighted by atomic mass is 32.2. The Bertz CT molecular complexity index is 1410. The molecule has 0 spiro atoms. The summed E-state index contributed by atoms with van der Waals surface area (Å²) >= 11 is 0. The summed E-state index contributed by atoms with van der Waals surface area (Å²) in [5, 5.41) is 2.65. The number of anilines is 1. The number of hydrogen-bond acceptors (Lipinski definition) is 7. The molecule has 10 nitrogen and oxygen atoms in total. The molecule has 0 radical (unpaired) electrons. The van der Waals surface area contributed by atoms with E-state index < -0.39 is 32.5 Å². The van der Waals surface area contributed by atoms with Gasteiger partial charge in [-0.05, 0) is 48.5 Å². The number of para-hydroxylation sites is 2. The summed E-state index contributed by atoms with van der Waals surface area (Å²) in [7, 11) is -3.30. The molecule has 12 heteroatoms. The van der Waals surface area contributed by atoms with E-state index >= 15 is 0 Å². The lowest BCUT2D eigenvalue weighted by Crippen LogP contribution is -2.42. The van der Waals surface area contributed by atoms with Crippen LogP contribution in [0.2, 0.25) is 0 Å². The van der Waals surface area contributed by atoms with E-state index in [9.17, 15) is 21.6 Å². The second kappa shape index (κ2) is 12.1. The molecule has 198 valence electrons. The number of amides is 1. The van der Waals surface area contributed by atoms with E-state index in [4.69, 9.17) is 9.47 Å². The largest absolute Gasteiger partial charge is 0.495 e. The number of nitrogens with zero attached hydrogens (tertiary/aromatic N) is 2. The molecule has 0 bridgehead atoms. The molecule has 0 saturated heterocycles. The van der Waals surface area contributed by atoms with E-state index in [0.29, 0.717) is 11.5 Å². The minimum atomic E-state index is -4.07. The molecule has 0 aliphatic rings. The monoisotopic (exact) mass is 547 g/mol. The van der Waals surface area contributed by atoms with Crippen LogP contribution in [0.15, 0.2) is 88.7 Å². The fraction of sp³-hybridized carbons (Fsp3) is 0.240. The third-order valence-electron chi connectivity index (χ3n) is 5.27. The van der Waals surface area contributed by atoms with E-state index in [1.54, 1.807) is 42.5 Å². The average molecular weight is 548 g/mol. The number of rotatable bonds is 12. The summed E-state index contributed by atoms with van der Waals surface area (Å²) in [6.07, 6.45) is 0. The Balaban J connectivity index is 1.66. The summed E-state index contributed by atoms with van der Waals surface area (Å²) in [5.41, 5.74) is 0.230. The van der Waals surface area contributed by atoms with E-state index in [2.05, 4.69) is 5.32 Å². The first-order valence-electron chi connectivity index (χ1n) is 11.2. The first-order valence-corrected chi connectivity index (χ1v) is 14.1. The predicted molar refractivity (Wildman–Crippen MR) is 140 cm³/mol. The van der Waals surface area contributed by atoms with Gasteiger partial charge in [-0.15, -0.1) is 0 Å². The van der Waals surface area contributed by atoms with Crippen molar-refractivity contribution in [1.29, 1.82) is 0 Å². The van der Waals surface area contributed by atoms with Crippen molar-refractivity contribution in [3.05, 3.63) is 78.9 Å². The number of ether oxygens (including phenoxy) is 2. The van der Waals surface area contributed by atoms with E-state index in [0.717, 1.165) is 8.61 Å². The van der Waals surface area contributed by atoms with E-state index in [1.165, 1.54) is 57.6 Å². The van der Waals surface area contributed by atoms with Crippen molar-refractivity contribution in [2.75, 3.05) is 45.2 Å². The van der Waals surface area contributed by atoms with Crippen molar-refractivity contribution in [1.82, 2.24) is 9.62 Å². The maximum Gasteiger partial charge on any atom is 0.264 e. The van der Waals surface area contributed by atoms with Gasteiger partial charge in [-0.2, -0.15) is 0 Å². The first-order chi connectivity index (χ1) is 17.6. The Labute approximate surface area is 217 Å². The van der Waals surface area contributed by atoms with E-state index in [-0.39, 0.29) is 28.6 Å². The minimum absolute atomic E-state index is 0.0387. The van der Waals surface area contributed by atoms with Crippen molar-refractivity contribution < 1.29 is 31.1 Å². The molecule has 0 aliphatic heterocycles. The number of sulfonamides is 2. The molecule has 1 amide bonds. The topological polar surface area (TPSA) is 122 Å². The summed E-state index contributed by atoms with van der Waals surface area (Å²) in [5.74, 6) is 0.188. The van der Waals surface area contributed by atoms with Gasteiger partial charge < -0.3 is 14.8 Å². The predicted octanol–water partition coefficient (Wildman–Crippen LogP) is 2.34. The van der Waals surface area contributed by atoms with Gasteiger partial charge in [-0.1, -0.05) is 30.3 Å². The number of carbonyl (C=O) groups is 1. The van der Waals surface area contributed by atoms with Crippen molar-refractivity contribution in [2.24, 2.45) is 0 Å². The maximum absolute atomic E-state index is 13.4. The highest BCUT2D eigenvalue weighted by Gasteiger charge is 2.29. The van der Waals surface area contributed by atoms with Crippen molar-refractivity contribution >= 4 is 31.6 Å². The van der Waals surface area contributed by atoms with Crippen LogP contribution in [0.4, 0.5) is 5.69 Å². The van der Waals surface area contributed by atoms with Crippen molar-refractivity contribution in [3.63, 3.8) is 0 Å². The molecule has 3 aromatic rings. The highest BCUT2D eigenvalue weighted by Crippen LogP contribution is 2.32. The molecule has 3 rings (SSSR count). The summed E-state index contributed by atoms with van der Waals surface area (Å²) in [6.45, 7) is -0.290. The molecular weight excluding hydrogens is 518 g/mol. The minimum Gasteiger partial charge on any atom is -0.495 e. The quantitative estimate of drug-likeness (QED) is 0.345. The molecule has 0 unspecified atom stereocenters. The first kappa shape index (κ1) is 28.0. The van der Waals surface area contributed by atoms with Crippen LogP contribution in [0.3, 0.4) is 0 Å². The lowest BCUT2D eigenvalue weighted by Gasteiger charge is -2.25. The molecule has 0 atom stereocenters. The number of nitrogens with one attached hydrogen (secondary N) is 1. The molecule has 0 fully saturated rings. The van der Waals surface area contributed by atoms with Gasteiger partial charge in [-0.25, -0.2) is 21.1 Å². The Hall–Kier alpha value is -3.61. The highest BCUT2D eigenvalue weighted by molar-refractivity contribution is 7.92. The molecule has 37 heavy (non-hydrogen) atoms. The zero-order valence-electron chi connectivity index (χ0n) is 20.7. The van der Waals surface area contributed by atoms with Crippen LogP contribution in [0, 0.1) is 0 Å². The van der Waals surface area contributed by atoms with Gasteiger partial charge in [0.2, 0.25) is 15.9 Å². The standard InChI is InChI=1S/C25H29N3O7S2/c1-27(2)36(30,31)22-15-13-20(14-16-22)35-18-17-26-25(29)19-28(23-11-7-8-12-24(23)34-3)37(32,33)21-9-5-4-6-10-21/h4-16H,17-19H2,1-3H3,(H,26,29). The Kier molecular flexibility index (Phi) is 9.14. The summed E-state index contributed by atoms with van der Waals surface area (Å²) in [4.78, 5) is 12.9. The Morgan fingerprint density at radius 3 is 2.03 bits per heavy atom. The van der Waals surface area contributed by atoms with Gasteiger partial charge in [0.15, 0.2) is 0 Å². The summed E-state index contributed by atoms with van der Waals surface area (Å²) < 4.78 is 64.1. The van der Waals surface area contributed by atoms with Gasteiger partial charge in [-0.3, -0.25) is 9.10 Å². The lowest BCUT2D eigenvalue weighted by molar-refractivity contribution is -0.119. The molecule has 1 N–H and O–H groups in total. The number of hydrogen-bond donors (Lipinski definition) is 1. The third kappa shape index (κ3) is 6.79. The fourth-order valence-electron chi connectivity index (χ4n) is 3.32. The number of carbonyl (C=O) groups excluding carboxylic acids is 1. The van der Waals surface area contributed by atoms with Crippen molar-refractivity contribution in [3.8, 4) is 11.5 Å². The molecule has 0 saturated carbocycles. The Morgan fingerprint density at radius 2 is 1.41 bits per heavy atom. The second-order valence-corrected chi connectivity index (χ2v) is 12.0. The van der Waals surface area contributed by atoms with Crippen LogP contribution in [0.1, 0.15) is 0 Å². The van der Waals surface area contributed by atoms with Gasteiger partial charge >= 0.3 is 0 Å². The smallest absolute Gasteiger partial charge is 0.264 e. The SMILES string of the molecule is COc1ccccc1N(CC(=O)NCCOc1ccc(S(=O)(=O)N(C)C)cc1)S(=O)(=O)c1ccccc1. The number of methoxy groups -OCH3 is 1. The Morgan fingerprint density at radius 1 is 0.811 bits per heavy atom. The zero-order chi connectivity index (χ0) is 27.1. The van der Waals surface area contributed by atoms with Gasteiger partial charge in [0.25, 0.3) is 10.0 Å². The zero-order valence-corrected chi connectivity index (χ0v) is 22.3. The molecular formula is C25H29N3O7S2. The maximum atomic E-state index is 13.4. The summed E-state index contributed by atoms with van der Waals surface area (Å²) in [6, 6.07) is 20.3. The second-order valence-electron chi connectivity index (χ2n) is 7.95. The normalized spacial score (nSPS) is 11.7. The molecule has 0 heterocycles. The van der Waals surface area contributed by atoms with Crippen LogP contribution in [-0.2, 0) is 24.8 Å². The van der Waals surface area contributed by atoms with Crippen LogP contribution in [0.25, 0.3) is 0 Å². The average Bonchev–Trinajstić information content (AvgIpc) is 2.90. The van der Waals surface area contributed by atoms with Crippen LogP contribution in [-0.4, -0.2) is 67.9 Å². The molecule has 0 aromatic heterocycles. The van der Waals surface area contributed by atoms with Crippen LogP contribution >= 0.6 is 0 Å². The fourth-order valence-corrected chi connectivity index (χ4v) is 5.67. The van der Waals surface area contributed by atoms with Crippen LogP contribution < -0.4 is 19.1 Å².